The first-order chi connectivity index (χ1) is 10.3. The molecule has 1 saturated heterocycles. The highest BCUT2D eigenvalue weighted by molar-refractivity contribution is 5.24. The Morgan fingerprint density at radius 3 is 2.86 bits per heavy atom. The maximum absolute atomic E-state index is 5.18. The molecule has 21 heavy (non-hydrogen) atoms. The van der Waals surface area contributed by atoms with Crippen LogP contribution in [0.4, 0.5) is 5.95 Å². The van der Waals surface area contributed by atoms with Gasteiger partial charge in [-0.15, -0.1) is 0 Å². The van der Waals surface area contributed by atoms with Crippen molar-refractivity contribution in [3.05, 3.63) is 18.0 Å². The Bertz CT molecular complexity index is 396. The number of ether oxygens (including phenoxy) is 1. The maximum atomic E-state index is 5.18. The number of hydrogen-bond acceptors (Lipinski definition) is 5. The van der Waals surface area contributed by atoms with E-state index in [4.69, 9.17) is 4.74 Å². The van der Waals surface area contributed by atoms with E-state index in [1.165, 1.54) is 37.8 Å². The molecule has 0 aliphatic carbocycles. The summed E-state index contributed by atoms with van der Waals surface area (Å²) in [5.41, 5.74) is 1.20. The van der Waals surface area contributed by atoms with Gasteiger partial charge in [0.15, 0.2) is 0 Å². The zero-order valence-corrected chi connectivity index (χ0v) is 13.3. The molecule has 1 unspecified atom stereocenters. The predicted octanol–water partition coefficient (Wildman–Crippen LogP) is 2.69. The molecule has 0 saturated carbocycles. The normalized spacial score (nSPS) is 19.6. The largest absolute Gasteiger partial charge is 0.385 e. The molecule has 2 rings (SSSR count). The molecular formula is C16H28N4O. The molecule has 1 aliphatic heterocycles. The molecule has 0 bridgehead atoms. The van der Waals surface area contributed by atoms with Crippen LogP contribution in [0.15, 0.2) is 12.4 Å². The molecule has 0 radical (unpaired) electrons. The Kier molecular flexibility index (Phi) is 6.89. The van der Waals surface area contributed by atoms with Crippen LogP contribution in [-0.4, -0.2) is 47.7 Å². The summed E-state index contributed by atoms with van der Waals surface area (Å²) in [6.07, 6.45) is 10.2. The summed E-state index contributed by atoms with van der Waals surface area (Å²) in [4.78, 5) is 11.3. The van der Waals surface area contributed by atoms with Gasteiger partial charge in [0.2, 0.25) is 5.95 Å². The van der Waals surface area contributed by atoms with Crippen LogP contribution in [0, 0.1) is 0 Å². The number of piperidine rings is 1. The maximum Gasteiger partial charge on any atom is 0.222 e. The van der Waals surface area contributed by atoms with Crippen molar-refractivity contribution in [2.24, 2.45) is 0 Å². The Labute approximate surface area is 128 Å². The number of hydrogen-bond donors (Lipinski definition) is 1. The molecule has 0 spiro atoms. The third kappa shape index (κ3) is 5.25. The molecule has 1 aliphatic rings. The highest BCUT2D eigenvalue weighted by Gasteiger charge is 2.22. The fourth-order valence-corrected chi connectivity index (χ4v) is 2.98. The lowest BCUT2D eigenvalue weighted by atomic mass is 9.97. The van der Waals surface area contributed by atoms with Gasteiger partial charge in [0.25, 0.3) is 0 Å². The SMILES string of the molecule is CCNc1ncc(CN2CCCCC2CCCOC)cn1. The van der Waals surface area contributed by atoms with Crippen LogP contribution in [0.1, 0.15) is 44.6 Å². The second kappa shape index (κ2) is 8.95. The lowest BCUT2D eigenvalue weighted by Crippen LogP contribution is -2.39. The molecule has 5 heteroatoms. The van der Waals surface area contributed by atoms with Gasteiger partial charge >= 0.3 is 0 Å². The smallest absolute Gasteiger partial charge is 0.222 e. The van der Waals surface area contributed by atoms with E-state index in [-0.39, 0.29) is 0 Å². The zero-order valence-electron chi connectivity index (χ0n) is 13.3. The van der Waals surface area contributed by atoms with Crippen molar-refractivity contribution >= 4 is 5.95 Å². The fourth-order valence-electron chi connectivity index (χ4n) is 2.98. The van der Waals surface area contributed by atoms with E-state index in [1.807, 2.05) is 12.4 Å². The monoisotopic (exact) mass is 292 g/mol. The van der Waals surface area contributed by atoms with Crippen LogP contribution >= 0.6 is 0 Å². The molecule has 5 nitrogen and oxygen atoms in total. The average Bonchev–Trinajstić information content (AvgIpc) is 2.51. The van der Waals surface area contributed by atoms with E-state index in [1.54, 1.807) is 7.11 Å². The summed E-state index contributed by atoms with van der Waals surface area (Å²) in [5.74, 6) is 0.719. The minimum absolute atomic E-state index is 0.683. The van der Waals surface area contributed by atoms with Gasteiger partial charge < -0.3 is 10.1 Å². The summed E-state index contributed by atoms with van der Waals surface area (Å²) in [6, 6.07) is 0.683. The number of methoxy groups -OCH3 is 1. The van der Waals surface area contributed by atoms with Crippen molar-refractivity contribution < 1.29 is 4.74 Å². The number of aromatic nitrogens is 2. The van der Waals surface area contributed by atoms with Gasteiger partial charge in [-0.05, 0) is 39.2 Å². The highest BCUT2D eigenvalue weighted by atomic mass is 16.5. The average molecular weight is 292 g/mol. The van der Waals surface area contributed by atoms with Gasteiger partial charge in [-0.25, -0.2) is 9.97 Å². The minimum Gasteiger partial charge on any atom is -0.385 e. The van der Waals surface area contributed by atoms with Crippen LogP contribution in [-0.2, 0) is 11.3 Å². The first-order valence-electron chi connectivity index (χ1n) is 8.11. The lowest BCUT2D eigenvalue weighted by molar-refractivity contribution is 0.116. The molecule has 0 amide bonds. The third-order valence-corrected chi connectivity index (χ3v) is 4.06. The van der Waals surface area contributed by atoms with Crippen LogP contribution < -0.4 is 5.32 Å². The summed E-state index contributed by atoms with van der Waals surface area (Å²) in [5, 5.41) is 3.13. The molecule has 0 aromatic carbocycles. The summed E-state index contributed by atoms with van der Waals surface area (Å²) in [7, 11) is 1.78. The van der Waals surface area contributed by atoms with Crippen molar-refractivity contribution in [1.82, 2.24) is 14.9 Å². The zero-order chi connectivity index (χ0) is 14.9. The lowest BCUT2D eigenvalue weighted by Gasteiger charge is -2.35. The first-order valence-corrected chi connectivity index (χ1v) is 8.11. The Hall–Kier alpha value is -1.20. The van der Waals surface area contributed by atoms with Crippen LogP contribution in [0.5, 0.6) is 0 Å². The van der Waals surface area contributed by atoms with Gasteiger partial charge in [-0.1, -0.05) is 6.42 Å². The number of nitrogens with zero attached hydrogens (tertiary/aromatic N) is 3. The van der Waals surface area contributed by atoms with Crippen molar-refractivity contribution in [2.45, 2.75) is 51.6 Å². The van der Waals surface area contributed by atoms with E-state index >= 15 is 0 Å². The number of nitrogens with one attached hydrogen (secondary N) is 1. The fraction of sp³-hybridized carbons (Fsp3) is 0.750. The van der Waals surface area contributed by atoms with E-state index in [2.05, 4.69) is 27.1 Å². The van der Waals surface area contributed by atoms with Crippen LogP contribution in [0.2, 0.25) is 0 Å². The van der Waals surface area contributed by atoms with Gasteiger partial charge in [-0.3, -0.25) is 4.90 Å². The van der Waals surface area contributed by atoms with Crippen LogP contribution in [0.3, 0.4) is 0 Å². The van der Waals surface area contributed by atoms with Crippen molar-refractivity contribution in [1.29, 1.82) is 0 Å². The number of rotatable bonds is 8. The van der Waals surface area contributed by atoms with Crippen LogP contribution in [0.25, 0.3) is 0 Å². The molecule has 1 aromatic heterocycles. The summed E-state index contributed by atoms with van der Waals surface area (Å²) >= 11 is 0. The molecule has 118 valence electrons. The minimum atomic E-state index is 0.683. The van der Waals surface area contributed by atoms with E-state index in [9.17, 15) is 0 Å². The van der Waals surface area contributed by atoms with Crippen molar-refractivity contribution in [3.8, 4) is 0 Å². The number of likely N-dealkylation sites (tertiary alicyclic amines) is 1. The van der Waals surface area contributed by atoms with Crippen molar-refractivity contribution in [3.63, 3.8) is 0 Å². The molecule has 1 aromatic rings. The third-order valence-electron chi connectivity index (χ3n) is 4.06. The first kappa shape index (κ1) is 16.2. The van der Waals surface area contributed by atoms with Crippen molar-refractivity contribution in [2.75, 3.05) is 32.1 Å². The summed E-state index contributed by atoms with van der Waals surface area (Å²) in [6.45, 7) is 5.92. The molecule has 1 atom stereocenters. The van der Waals surface area contributed by atoms with Gasteiger partial charge in [0.1, 0.15) is 0 Å². The summed E-state index contributed by atoms with van der Waals surface area (Å²) < 4.78 is 5.18. The number of anilines is 1. The molecule has 1 N–H and O–H groups in total. The predicted molar refractivity (Wildman–Crippen MR) is 85.4 cm³/mol. The Morgan fingerprint density at radius 1 is 1.33 bits per heavy atom. The van der Waals surface area contributed by atoms with Gasteiger partial charge in [0, 0.05) is 50.8 Å². The second-order valence-corrected chi connectivity index (χ2v) is 5.70. The standard InChI is InChI=1S/C16H28N4O/c1-3-17-16-18-11-14(12-19-16)13-20-9-5-4-7-15(20)8-6-10-21-2/h11-12,15H,3-10,13H2,1-2H3,(H,17,18,19). The Morgan fingerprint density at radius 2 is 2.14 bits per heavy atom. The molecular weight excluding hydrogens is 264 g/mol. The van der Waals surface area contributed by atoms with Gasteiger partial charge in [-0.2, -0.15) is 0 Å². The molecule has 1 fully saturated rings. The van der Waals surface area contributed by atoms with E-state index in [0.29, 0.717) is 6.04 Å². The van der Waals surface area contributed by atoms with Gasteiger partial charge in [0.05, 0.1) is 0 Å². The topological polar surface area (TPSA) is 50.3 Å². The second-order valence-electron chi connectivity index (χ2n) is 5.70. The highest BCUT2D eigenvalue weighted by Crippen LogP contribution is 2.22. The van der Waals surface area contributed by atoms with E-state index < -0.39 is 0 Å². The quantitative estimate of drug-likeness (QED) is 0.747. The van der Waals surface area contributed by atoms with E-state index in [0.717, 1.165) is 32.1 Å². The molecule has 2 heterocycles. The Balaban J connectivity index is 1.88.